The molecule has 0 radical (unpaired) electrons. The Hall–Kier alpha value is -3.20. The van der Waals surface area contributed by atoms with Gasteiger partial charge in [-0.1, -0.05) is 0 Å². The fourth-order valence-corrected chi connectivity index (χ4v) is 4.03. The van der Waals surface area contributed by atoms with Crippen LogP contribution in [0, 0.1) is 5.82 Å². The largest absolute Gasteiger partial charge is 0.481 e. The number of rotatable bonds is 5. The van der Waals surface area contributed by atoms with Gasteiger partial charge in [0.15, 0.2) is 12.4 Å². The van der Waals surface area contributed by atoms with E-state index in [4.69, 9.17) is 4.74 Å². The first-order valence-electron chi connectivity index (χ1n) is 10.8. The summed E-state index contributed by atoms with van der Waals surface area (Å²) in [6.45, 7) is 7.29. The second kappa shape index (κ2) is 9.12. The molecule has 0 bridgehead atoms. The number of hydrogen-bond acceptors (Lipinski definition) is 6. The summed E-state index contributed by atoms with van der Waals surface area (Å²) in [5.74, 6) is -0.401. The van der Waals surface area contributed by atoms with Crippen molar-refractivity contribution in [1.29, 1.82) is 0 Å². The number of halogens is 1. The second-order valence-electron chi connectivity index (χ2n) is 8.46. The van der Waals surface area contributed by atoms with E-state index < -0.39 is 5.82 Å². The number of nitrogens with one attached hydrogen (secondary N) is 1. The lowest BCUT2D eigenvalue weighted by Crippen LogP contribution is -2.50. The molecule has 4 rings (SSSR count). The van der Waals surface area contributed by atoms with Gasteiger partial charge in [0.1, 0.15) is 11.4 Å². The van der Waals surface area contributed by atoms with Crippen LogP contribution in [0.15, 0.2) is 30.6 Å². The highest BCUT2D eigenvalue weighted by Gasteiger charge is 2.27. The highest BCUT2D eigenvalue weighted by atomic mass is 19.1. The number of nitrogens with zero attached hydrogens (tertiary/aromatic N) is 4. The Morgan fingerprint density at radius 1 is 1.16 bits per heavy atom. The van der Waals surface area contributed by atoms with Crippen LogP contribution in [0.25, 0.3) is 11.1 Å². The summed E-state index contributed by atoms with van der Waals surface area (Å²) in [7, 11) is 1.54. The predicted octanol–water partition coefficient (Wildman–Crippen LogP) is 1.89. The number of anilines is 2. The average Bonchev–Trinajstić information content (AvgIpc) is 2.76. The summed E-state index contributed by atoms with van der Waals surface area (Å²) in [5, 5.41) is 2.92. The van der Waals surface area contributed by atoms with Crippen LogP contribution >= 0.6 is 0 Å². The number of hydrogen-bond donors (Lipinski definition) is 1. The number of ether oxygens (including phenoxy) is 1. The molecule has 1 aromatic carbocycles. The molecule has 8 nitrogen and oxygen atoms in total. The van der Waals surface area contributed by atoms with Gasteiger partial charge in [-0.05, 0) is 37.6 Å². The molecule has 1 saturated heterocycles. The first kappa shape index (κ1) is 22.0. The molecule has 32 heavy (non-hydrogen) atoms. The van der Waals surface area contributed by atoms with Gasteiger partial charge in [-0.15, -0.1) is 0 Å². The molecule has 2 amide bonds. The van der Waals surface area contributed by atoms with Crippen molar-refractivity contribution in [1.82, 2.24) is 15.2 Å². The summed E-state index contributed by atoms with van der Waals surface area (Å²) >= 11 is 0. The Morgan fingerprint density at radius 2 is 1.91 bits per heavy atom. The molecule has 0 saturated carbocycles. The summed E-state index contributed by atoms with van der Waals surface area (Å²) in [6, 6.07) is 5.27. The number of carbonyl (C=O) groups is 2. The number of benzene rings is 1. The Bertz CT molecular complexity index is 1020. The van der Waals surface area contributed by atoms with Crippen molar-refractivity contribution in [3.05, 3.63) is 36.4 Å². The predicted molar refractivity (Wildman–Crippen MR) is 120 cm³/mol. The molecule has 3 heterocycles. The van der Waals surface area contributed by atoms with Gasteiger partial charge < -0.3 is 19.9 Å². The molecule has 2 aliphatic rings. The lowest BCUT2D eigenvalue weighted by Gasteiger charge is -2.35. The Balaban J connectivity index is 1.47. The number of fused-ring (bicyclic) bond motifs is 1. The standard InChI is InChI=1S/C23H28FN5O3/c1-15(2)26-21(30)13-28-4-6-29(7-5-28)18-8-17(11-25-12-18)16-9-19(24)23-20(10-16)32-14-22(31)27(23)3/h8-12,15H,4-7,13-14H2,1-3H3,(H,26,30). The Kier molecular flexibility index (Phi) is 6.27. The van der Waals surface area contributed by atoms with Crippen LogP contribution in [0.1, 0.15) is 13.8 Å². The maximum absolute atomic E-state index is 14.8. The smallest absolute Gasteiger partial charge is 0.264 e. The summed E-state index contributed by atoms with van der Waals surface area (Å²) in [5.41, 5.74) is 2.51. The van der Waals surface area contributed by atoms with Gasteiger partial charge in [-0.25, -0.2) is 4.39 Å². The zero-order valence-electron chi connectivity index (χ0n) is 18.6. The third-order valence-corrected chi connectivity index (χ3v) is 5.70. The van der Waals surface area contributed by atoms with Gasteiger partial charge in [0.2, 0.25) is 5.91 Å². The van der Waals surface area contributed by atoms with Crippen LogP contribution < -0.4 is 19.9 Å². The van der Waals surface area contributed by atoms with E-state index in [1.54, 1.807) is 25.5 Å². The van der Waals surface area contributed by atoms with Crippen LogP contribution in [0.2, 0.25) is 0 Å². The average molecular weight is 442 g/mol. The van der Waals surface area contributed by atoms with E-state index in [9.17, 15) is 14.0 Å². The molecule has 1 aromatic heterocycles. The first-order valence-corrected chi connectivity index (χ1v) is 10.8. The van der Waals surface area contributed by atoms with Crippen molar-refractivity contribution < 1.29 is 18.7 Å². The molecule has 0 atom stereocenters. The van der Waals surface area contributed by atoms with E-state index in [1.165, 1.54) is 11.0 Å². The molecule has 0 spiro atoms. The number of aromatic nitrogens is 1. The van der Waals surface area contributed by atoms with Gasteiger partial charge in [-0.3, -0.25) is 19.5 Å². The molecule has 1 fully saturated rings. The fraction of sp³-hybridized carbons (Fsp3) is 0.435. The lowest BCUT2D eigenvalue weighted by atomic mass is 10.0. The third-order valence-electron chi connectivity index (χ3n) is 5.70. The van der Waals surface area contributed by atoms with Crippen molar-refractivity contribution in [2.45, 2.75) is 19.9 Å². The van der Waals surface area contributed by atoms with E-state index >= 15 is 0 Å². The zero-order valence-corrected chi connectivity index (χ0v) is 18.6. The molecule has 1 N–H and O–H groups in total. The molecule has 2 aliphatic heterocycles. The maximum Gasteiger partial charge on any atom is 0.264 e. The monoisotopic (exact) mass is 441 g/mol. The Labute approximate surface area is 187 Å². The van der Waals surface area contributed by atoms with E-state index in [2.05, 4.69) is 20.1 Å². The van der Waals surface area contributed by atoms with Gasteiger partial charge in [0.05, 0.1) is 18.4 Å². The van der Waals surface area contributed by atoms with E-state index in [-0.39, 0.29) is 30.2 Å². The summed E-state index contributed by atoms with van der Waals surface area (Å²) in [4.78, 5) is 33.8. The molecular weight excluding hydrogens is 413 g/mol. The van der Waals surface area contributed by atoms with Crippen LogP contribution in [-0.2, 0) is 9.59 Å². The van der Waals surface area contributed by atoms with Crippen molar-refractivity contribution in [3.63, 3.8) is 0 Å². The van der Waals surface area contributed by atoms with Crippen LogP contribution in [0.4, 0.5) is 15.8 Å². The van der Waals surface area contributed by atoms with Gasteiger partial charge in [0, 0.05) is 51.0 Å². The molecular formula is C23H28FN5O3. The second-order valence-corrected chi connectivity index (χ2v) is 8.46. The molecule has 170 valence electrons. The van der Waals surface area contributed by atoms with E-state index in [1.807, 2.05) is 19.9 Å². The minimum Gasteiger partial charge on any atom is -0.481 e. The van der Waals surface area contributed by atoms with Gasteiger partial charge >= 0.3 is 0 Å². The van der Waals surface area contributed by atoms with Crippen LogP contribution in [-0.4, -0.2) is 74.1 Å². The Morgan fingerprint density at radius 3 is 2.62 bits per heavy atom. The molecule has 9 heteroatoms. The van der Waals surface area contributed by atoms with Crippen molar-refractivity contribution in [2.24, 2.45) is 0 Å². The highest BCUT2D eigenvalue weighted by molar-refractivity contribution is 5.98. The summed E-state index contributed by atoms with van der Waals surface area (Å²) in [6.07, 6.45) is 3.48. The minimum absolute atomic E-state index is 0.0427. The van der Waals surface area contributed by atoms with Gasteiger partial charge in [-0.2, -0.15) is 0 Å². The molecule has 0 unspecified atom stereocenters. The lowest BCUT2D eigenvalue weighted by molar-refractivity contribution is -0.123. The SMILES string of the molecule is CC(C)NC(=O)CN1CCN(c2cncc(-c3cc(F)c4c(c3)OCC(=O)N4C)c2)CC1. The number of likely N-dealkylation sites (N-methyl/N-ethyl adjacent to an activating group) is 1. The molecule has 0 aliphatic carbocycles. The summed E-state index contributed by atoms with van der Waals surface area (Å²) < 4.78 is 20.2. The third kappa shape index (κ3) is 4.67. The minimum atomic E-state index is -0.508. The normalized spacial score (nSPS) is 16.7. The van der Waals surface area contributed by atoms with Crippen LogP contribution in [0.5, 0.6) is 5.75 Å². The topological polar surface area (TPSA) is 78.0 Å². The van der Waals surface area contributed by atoms with Crippen molar-refractivity contribution in [2.75, 3.05) is 56.2 Å². The maximum atomic E-state index is 14.8. The van der Waals surface area contributed by atoms with E-state index in [0.717, 1.165) is 37.4 Å². The molecule has 2 aromatic rings. The number of pyridine rings is 1. The number of amides is 2. The fourth-order valence-electron chi connectivity index (χ4n) is 4.03. The van der Waals surface area contributed by atoms with Crippen molar-refractivity contribution >= 4 is 23.2 Å². The highest BCUT2D eigenvalue weighted by Crippen LogP contribution is 2.38. The first-order chi connectivity index (χ1) is 15.3. The van der Waals surface area contributed by atoms with Gasteiger partial charge in [0.25, 0.3) is 5.91 Å². The quantitative estimate of drug-likeness (QED) is 0.764. The van der Waals surface area contributed by atoms with E-state index in [0.29, 0.717) is 17.9 Å². The number of carbonyl (C=O) groups excluding carboxylic acids is 2. The zero-order chi connectivity index (χ0) is 22.8. The number of piperazine rings is 1. The van der Waals surface area contributed by atoms with Crippen LogP contribution in [0.3, 0.4) is 0 Å². The van der Waals surface area contributed by atoms with Crippen molar-refractivity contribution in [3.8, 4) is 16.9 Å².